The van der Waals surface area contributed by atoms with E-state index in [1.54, 1.807) is 17.9 Å². The summed E-state index contributed by atoms with van der Waals surface area (Å²) in [5.74, 6) is 1.73. The number of thiazole rings is 1. The zero-order valence-electron chi connectivity index (χ0n) is 14.1. The van der Waals surface area contributed by atoms with E-state index >= 15 is 0 Å². The van der Waals surface area contributed by atoms with E-state index in [0.29, 0.717) is 12.4 Å². The number of nitrogens with zero attached hydrogens (tertiary/aromatic N) is 5. The molecule has 0 aliphatic carbocycles. The van der Waals surface area contributed by atoms with Crippen molar-refractivity contribution in [3.63, 3.8) is 0 Å². The van der Waals surface area contributed by atoms with Crippen molar-refractivity contribution in [3.8, 4) is 11.5 Å². The summed E-state index contributed by atoms with van der Waals surface area (Å²) >= 11 is 1.40. The Bertz CT molecular complexity index is 904. The molecule has 1 atom stereocenters. The first kappa shape index (κ1) is 15.9. The molecule has 8 heteroatoms. The Morgan fingerprint density at radius 1 is 1.32 bits per heavy atom. The van der Waals surface area contributed by atoms with E-state index in [0.717, 1.165) is 40.7 Å². The molecule has 4 heterocycles. The molecule has 7 nitrogen and oxygen atoms in total. The van der Waals surface area contributed by atoms with Gasteiger partial charge in [0.05, 0.1) is 11.2 Å². The molecule has 25 heavy (non-hydrogen) atoms. The third-order valence-electron chi connectivity index (χ3n) is 4.43. The van der Waals surface area contributed by atoms with Crippen molar-refractivity contribution < 1.29 is 4.79 Å². The van der Waals surface area contributed by atoms with Gasteiger partial charge < -0.3 is 9.88 Å². The number of likely N-dealkylation sites (tertiary alicyclic amines) is 1. The number of hydrogen-bond acceptors (Lipinski definition) is 6. The summed E-state index contributed by atoms with van der Waals surface area (Å²) in [6.45, 7) is 5.17. The van der Waals surface area contributed by atoms with Gasteiger partial charge in [-0.3, -0.25) is 4.79 Å². The van der Waals surface area contributed by atoms with E-state index < -0.39 is 0 Å². The van der Waals surface area contributed by atoms with Gasteiger partial charge in [-0.2, -0.15) is 0 Å². The Labute approximate surface area is 149 Å². The predicted octanol–water partition coefficient (Wildman–Crippen LogP) is 2.57. The number of nitrogens with one attached hydrogen (secondary N) is 1. The first-order valence-corrected chi connectivity index (χ1v) is 9.04. The van der Waals surface area contributed by atoms with Crippen LogP contribution in [0.25, 0.3) is 11.5 Å². The van der Waals surface area contributed by atoms with Crippen LogP contribution in [0.4, 0.5) is 0 Å². The van der Waals surface area contributed by atoms with E-state index in [1.165, 1.54) is 11.3 Å². The number of carbonyl (C=O) groups is 1. The first-order valence-electron chi connectivity index (χ1n) is 8.16. The maximum absolute atomic E-state index is 12.7. The van der Waals surface area contributed by atoms with E-state index in [-0.39, 0.29) is 11.8 Å². The molecule has 1 aliphatic rings. The highest BCUT2D eigenvalue weighted by atomic mass is 32.1. The van der Waals surface area contributed by atoms with Crippen molar-refractivity contribution in [1.29, 1.82) is 0 Å². The normalized spacial score (nSPS) is 17.2. The fourth-order valence-corrected chi connectivity index (χ4v) is 3.93. The van der Waals surface area contributed by atoms with Crippen LogP contribution in [-0.2, 0) is 0 Å². The van der Waals surface area contributed by atoms with Crippen LogP contribution in [-0.4, -0.2) is 48.8 Å². The molecule has 0 aromatic carbocycles. The Hall–Kier alpha value is -2.61. The lowest BCUT2D eigenvalue weighted by Gasteiger charge is -2.16. The maximum atomic E-state index is 12.7. The van der Waals surface area contributed by atoms with Crippen LogP contribution in [0.5, 0.6) is 0 Å². The lowest BCUT2D eigenvalue weighted by atomic mass is 10.0. The minimum atomic E-state index is 0.0690. The van der Waals surface area contributed by atoms with Gasteiger partial charge in [-0.25, -0.2) is 19.9 Å². The van der Waals surface area contributed by atoms with Crippen molar-refractivity contribution in [2.75, 3.05) is 13.1 Å². The number of H-pyrrole nitrogens is 1. The van der Waals surface area contributed by atoms with E-state index in [4.69, 9.17) is 0 Å². The largest absolute Gasteiger partial charge is 0.343 e. The van der Waals surface area contributed by atoms with Gasteiger partial charge in [0.1, 0.15) is 16.4 Å². The molecular weight excluding hydrogens is 336 g/mol. The number of aromatic amines is 1. The molecule has 1 N–H and O–H groups in total. The monoisotopic (exact) mass is 354 g/mol. The van der Waals surface area contributed by atoms with Gasteiger partial charge in [0.25, 0.3) is 5.91 Å². The molecule has 1 saturated heterocycles. The molecule has 0 spiro atoms. The van der Waals surface area contributed by atoms with Gasteiger partial charge in [0, 0.05) is 37.1 Å². The lowest BCUT2D eigenvalue weighted by molar-refractivity contribution is 0.0794. The number of imidazole rings is 1. The summed E-state index contributed by atoms with van der Waals surface area (Å²) in [6, 6.07) is 1.97. The molecule has 0 unspecified atom stereocenters. The number of carbonyl (C=O) groups excluding carboxylic acids is 1. The highest BCUT2D eigenvalue weighted by Gasteiger charge is 2.30. The van der Waals surface area contributed by atoms with Gasteiger partial charge in [0.2, 0.25) is 0 Å². The van der Waals surface area contributed by atoms with E-state index in [9.17, 15) is 4.79 Å². The van der Waals surface area contributed by atoms with Crippen LogP contribution >= 0.6 is 11.3 Å². The van der Waals surface area contributed by atoms with Crippen LogP contribution in [0.3, 0.4) is 0 Å². The quantitative estimate of drug-likeness (QED) is 0.781. The predicted molar refractivity (Wildman–Crippen MR) is 94.5 cm³/mol. The average molecular weight is 354 g/mol. The number of rotatable bonds is 3. The van der Waals surface area contributed by atoms with Gasteiger partial charge in [-0.1, -0.05) is 0 Å². The van der Waals surface area contributed by atoms with Crippen molar-refractivity contribution in [2.45, 2.75) is 26.2 Å². The summed E-state index contributed by atoms with van der Waals surface area (Å²) in [6.07, 6.45) is 4.39. The zero-order valence-corrected chi connectivity index (χ0v) is 14.9. The van der Waals surface area contributed by atoms with E-state index in [2.05, 4.69) is 24.9 Å². The maximum Gasteiger partial charge on any atom is 0.265 e. The van der Waals surface area contributed by atoms with Gasteiger partial charge in [-0.15, -0.1) is 11.3 Å². The Morgan fingerprint density at radius 3 is 2.92 bits per heavy atom. The summed E-state index contributed by atoms with van der Waals surface area (Å²) < 4.78 is 0. The van der Waals surface area contributed by atoms with Crippen molar-refractivity contribution in [1.82, 2.24) is 29.8 Å². The lowest BCUT2D eigenvalue weighted by Crippen LogP contribution is -2.28. The Kier molecular flexibility index (Phi) is 4.04. The Balaban J connectivity index is 1.56. The third kappa shape index (κ3) is 3.05. The molecule has 3 aromatic rings. The molecule has 1 aliphatic heterocycles. The fourth-order valence-electron chi connectivity index (χ4n) is 3.16. The smallest absolute Gasteiger partial charge is 0.265 e. The molecular formula is C17H18N6OS. The molecule has 0 radical (unpaired) electrons. The van der Waals surface area contributed by atoms with Crippen molar-refractivity contribution >= 4 is 17.2 Å². The van der Waals surface area contributed by atoms with Crippen LogP contribution in [0, 0.1) is 13.8 Å². The second-order valence-corrected chi connectivity index (χ2v) is 7.02. The van der Waals surface area contributed by atoms with Gasteiger partial charge in [0.15, 0.2) is 5.82 Å². The second-order valence-electron chi connectivity index (χ2n) is 6.17. The van der Waals surface area contributed by atoms with Gasteiger partial charge in [-0.05, 0) is 26.3 Å². The Morgan fingerprint density at radius 2 is 2.20 bits per heavy atom. The summed E-state index contributed by atoms with van der Waals surface area (Å²) in [4.78, 5) is 35.9. The SMILES string of the molecule is Cc1nc(-c2ncc[nH]2)cc([C@@H]2CCN(C(=O)c3scnc3C)C2)n1. The molecule has 1 amide bonds. The van der Waals surface area contributed by atoms with Crippen LogP contribution < -0.4 is 0 Å². The molecule has 0 saturated carbocycles. The average Bonchev–Trinajstić information content (AvgIpc) is 3.35. The molecule has 4 rings (SSSR count). The van der Waals surface area contributed by atoms with Crippen LogP contribution in [0.2, 0.25) is 0 Å². The van der Waals surface area contributed by atoms with Crippen molar-refractivity contribution in [3.05, 3.63) is 46.1 Å². The van der Waals surface area contributed by atoms with Gasteiger partial charge >= 0.3 is 0 Å². The number of aromatic nitrogens is 5. The minimum absolute atomic E-state index is 0.0690. The number of amides is 1. The molecule has 3 aromatic heterocycles. The second kappa shape index (κ2) is 6.36. The van der Waals surface area contributed by atoms with Crippen LogP contribution in [0.15, 0.2) is 24.0 Å². The highest BCUT2D eigenvalue weighted by Crippen LogP contribution is 2.29. The molecule has 128 valence electrons. The molecule has 1 fully saturated rings. The first-order chi connectivity index (χ1) is 12.1. The topological polar surface area (TPSA) is 87.7 Å². The third-order valence-corrected chi connectivity index (χ3v) is 5.35. The fraction of sp³-hybridized carbons (Fsp3) is 0.353. The standard InChI is InChI=1S/C17H18N6OS/c1-10-15(25-9-20-10)17(24)23-6-3-12(8-23)13-7-14(22-11(2)21-13)16-18-4-5-19-16/h4-5,7,9,12H,3,6,8H2,1-2H3,(H,18,19)/t12-/m1/s1. The van der Waals surface area contributed by atoms with Crippen LogP contribution in [0.1, 0.15) is 39.2 Å². The summed E-state index contributed by atoms with van der Waals surface area (Å²) in [5, 5.41) is 0. The number of hydrogen-bond donors (Lipinski definition) is 1. The highest BCUT2D eigenvalue weighted by molar-refractivity contribution is 7.11. The number of aryl methyl sites for hydroxylation is 2. The van der Waals surface area contributed by atoms with E-state index in [1.807, 2.05) is 24.8 Å². The zero-order chi connectivity index (χ0) is 17.4. The molecule has 0 bridgehead atoms. The minimum Gasteiger partial charge on any atom is -0.343 e. The van der Waals surface area contributed by atoms with Crippen molar-refractivity contribution in [2.24, 2.45) is 0 Å². The summed E-state index contributed by atoms with van der Waals surface area (Å²) in [5.41, 5.74) is 4.28. The summed E-state index contributed by atoms with van der Waals surface area (Å²) in [7, 11) is 0.